The Labute approximate surface area is 162 Å². The van der Waals surface area contributed by atoms with Crippen LogP contribution in [-0.2, 0) is 4.79 Å². The van der Waals surface area contributed by atoms with Gasteiger partial charge in [-0.15, -0.1) is 11.3 Å². The first-order chi connectivity index (χ1) is 13.1. The molecule has 1 unspecified atom stereocenters. The SMILES string of the molecule is O=C(C1CCN(c2ccccc2[N+](=O)[O-])CC1)N1CCCC1c1cccs1. The van der Waals surface area contributed by atoms with Crippen LogP contribution in [0.5, 0.6) is 0 Å². The van der Waals surface area contributed by atoms with Crippen LogP contribution in [-0.4, -0.2) is 35.4 Å². The summed E-state index contributed by atoms with van der Waals surface area (Å²) in [5.74, 6) is 0.276. The Morgan fingerprint density at radius 3 is 2.56 bits per heavy atom. The van der Waals surface area contributed by atoms with Crippen molar-refractivity contribution < 1.29 is 9.72 Å². The van der Waals surface area contributed by atoms with Gasteiger partial charge in [-0.1, -0.05) is 18.2 Å². The molecule has 1 atom stereocenters. The van der Waals surface area contributed by atoms with Crippen molar-refractivity contribution in [3.63, 3.8) is 0 Å². The van der Waals surface area contributed by atoms with Crippen molar-refractivity contribution in [3.8, 4) is 0 Å². The van der Waals surface area contributed by atoms with E-state index in [0.717, 1.165) is 32.2 Å². The second-order valence-corrected chi connectivity index (χ2v) is 8.19. The number of hydrogen-bond acceptors (Lipinski definition) is 5. The number of benzene rings is 1. The van der Waals surface area contributed by atoms with Crippen molar-refractivity contribution in [1.82, 2.24) is 4.90 Å². The highest BCUT2D eigenvalue weighted by Gasteiger charge is 2.36. The smallest absolute Gasteiger partial charge is 0.292 e. The summed E-state index contributed by atoms with van der Waals surface area (Å²) < 4.78 is 0. The molecule has 142 valence electrons. The molecule has 0 radical (unpaired) electrons. The summed E-state index contributed by atoms with van der Waals surface area (Å²) in [6.07, 6.45) is 3.60. The first-order valence-corrected chi connectivity index (χ1v) is 10.4. The molecule has 3 heterocycles. The van der Waals surface area contributed by atoms with Crippen LogP contribution in [0, 0.1) is 16.0 Å². The number of anilines is 1. The number of carbonyl (C=O) groups excluding carboxylic acids is 1. The highest BCUT2D eigenvalue weighted by atomic mass is 32.1. The van der Waals surface area contributed by atoms with Gasteiger partial charge in [-0.2, -0.15) is 0 Å². The standard InChI is InChI=1S/C20H23N3O3S/c24-20(22-11-3-7-18(22)19-8-4-14-27-19)15-9-12-21(13-10-15)16-5-1-2-6-17(16)23(25)26/h1-2,4-6,8,14-15,18H,3,7,9-13H2. The second-order valence-electron chi connectivity index (χ2n) is 7.21. The van der Waals surface area contributed by atoms with Crippen LogP contribution < -0.4 is 4.90 Å². The molecule has 2 aliphatic heterocycles. The summed E-state index contributed by atoms with van der Waals surface area (Å²) in [5, 5.41) is 13.3. The third-order valence-corrected chi connectivity index (χ3v) is 6.64. The lowest BCUT2D eigenvalue weighted by Crippen LogP contribution is -2.42. The van der Waals surface area contributed by atoms with E-state index < -0.39 is 0 Å². The Morgan fingerprint density at radius 1 is 1.07 bits per heavy atom. The lowest BCUT2D eigenvalue weighted by atomic mass is 9.94. The molecule has 2 saturated heterocycles. The molecule has 0 saturated carbocycles. The van der Waals surface area contributed by atoms with Crippen LogP contribution in [0.25, 0.3) is 0 Å². The first-order valence-electron chi connectivity index (χ1n) is 9.47. The number of para-hydroxylation sites is 2. The topological polar surface area (TPSA) is 66.7 Å². The molecule has 0 bridgehead atoms. The number of nitro benzene ring substituents is 1. The monoisotopic (exact) mass is 385 g/mol. The van der Waals surface area contributed by atoms with E-state index in [1.54, 1.807) is 29.5 Å². The highest BCUT2D eigenvalue weighted by molar-refractivity contribution is 7.10. The molecule has 0 spiro atoms. The fourth-order valence-corrected chi connectivity index (χ4v) is 5.17. The molecule has 1 aromatic heterocycles. The minimum absolute atomic E-state index is 0.0181. The third-order valence-electron chi connectivity index (χ3n) is 5.67. The van der Waals surface area contributed by atoms with Gasteiger partial charge in [-0.3, -0.25) is 14.9 Å². The normalized spacial score (nSPS) is 20.8. The van der Waals surface area contributed by atoms with Gasteiger partial charge in [0.25, 0.3) is 5.69 Å². The largest absolute Gasteiger partial charge is 0.366 e. The summed E-state index contributed by atoms with van der Waals surface area (Å²) in [7, 11) is 0. The molecule has 4 rings (SSSR count). The molecule has 1 amide bonds. The van der Waals surface area contributed by atoms with Gasteiger partial charge in [-0.05, 0) is 43.2 Å². The average Bonchev–Trinajstić information content (AvgIpc) is 3.39. The summed E-state index contributed by atoms with van der Waals surface area (Å²) >= 11 is 1.72. The third kappa shape index (κ3) is 3.56. The molecular weight excluding hydrogens is 362 g/mol. The second kappa shape index (κ2) is 7.68. The Kier molecular flexibility index (Phi) is 5.11. The fraction of sp³-hybridized carbons (Fsp3) is 0.450. The molecule has 0 N–H and O–H groups in total. The molecule has 7 heteroatoms. The van der Waals surface area contributed by atoms with Gasteiger partial charge in [0.1, 0.15) is 5.69 Å². The summed E-state index contributed by atoms with van der Waals surface area (Å²) in [6, 6.07) is 11.3. The Hall–Kier alpha value is -2.41. The van der Waals surface area contributed by atoms with E-state index in [4.69, 9.17) is 0 Å². The van der Waals surface area contributed by atoms with Crippen molar-refractivity contribution in [3.05, 3.63) is 56.8 Å². The number of rotatable bonds is 4. The number of hydrogen-bond donors (Lipinski definition) is 0. The van der Waals surface area contributed by atoms with Crippen molar-refractivity contribution in [2.75, 3.05) is 24.5 Å². The number of piperidine rings is 1. The number of amides is 1. The van der Waals surface area contributed by atoms with E-state index in [0.29, 0.717) is 18.8 Å². The molecule has 27 heavy (non-hydrogen) atoms. The van der Waals surface area contributed by atoms with Crippen molar-refractivity contribution >= 4 is 28.6 Å². The number of carbonyl (C=O) groups is 1. The lowest BCUT2D eigenvalue weighted by molar-refractivity contribution is -0.384. The minimum Gasteiger partial charge on any atom is -0.366 e. The van der Waals surface area contributed by atoms with Gasteiger partial charge >= 0.3 is 0 Å². The van der Waals surface area contributed by atoms with Gasteiger partial charge in [0.05, 0.1) is 11.0 Å². The van der Waals surface area contributed by atoms with E-state index in [9.17, 15) is 14.9 Å². The van der Waals surface area contributed by atoms with E-state index >= 15 is 0 Å². The van der Waals surface area contributed by atoms with E-state index in [2.05, 4.69) is 16.3 Å². The zero-order valence-electron chi connectivity index (χ0n) is 15.1. The van der Waals surface area contributed by atoms with Gasteiger partial charge in [0.2, 0.25) is 5.91 Å². The fourth-order valence-electron chi connectivity index (χ4n) is 4.29. The van der Waals surface area contributed by atoms with E-state index in [1.807, 2.05) is 17.0 Å². The Morgan fingerprint density at radius 2 is 1.85 bits per heavy atom. The minimum atomic E-state index is -0.331. The number of thiophene rings is 1. The van der Waals surface area contributed by atoms with E-state index in [1.165, 1.54) is 4.88 Å². The van der Waals surface area contributed by atoms with Gasteiger partial charge < -0.3 is 9.80 Å². The maximum absolute atomic E-state index is 13.1. The number of nitrogens with zero attached hydrogens (tertiary/aromatic N) is 3. The highest BCUT2D eigenvalue weighted by Crippen LogP contribution is 2.37. The molecule has 0 aliphatic carbocycles. The Bertz CT molecular complexity index is 816. The van der Waals surface area contributed by atoms with Crippen molar-refractivity contribution in [1.29, 1.82) is 0 Å². The van der Waals surface area contributed by atoms with Gasteiger partial charge in [-0.25, -0.2) is 0 Å². The summed E-state index contributed by atoms with van der Waals surface area (Å²) in [4.78, 5) is 29.5. The Balaban J connectivity index is 1.42. The quantitative estimate of drug-likeness (QED) is 0.583. The first kappa shape index (κ1) is 18.0. The van der Waals surface area contributed by atoms with E-state index in [-0.39, 0.29) is 28.5 Å². The molecule has 2 aromatic rings. The van der Waals surface area contributed by atoms with Gasteiger partial charge in [0.15, 0.2) is 0 Å². The lowest BCUT2D eigenvalue weighted by Gasteiger charge is -2.35. The maximum Gasteiger partial charge on any atom is 0.292 e. The number of nitro groups is 1. The van der Waals surface area contributed by atoms with Crippen molar-refractivity contribution in [2.24, 2.45) is 5.92 Å². The number of likely N-dealkylation sites (tertiary alicyclic amines) is 1. The maximum atomic E-state index is 13.1. The van der Waals surface area contributed by atoms with Crippen LogP contribution in [0.4, 0.5) is 11.4 Å². The molecule has 1 aromatic carbocycles. The van der Waals surface area contributed by atoms with Crippen LogP contribution in [0.2, 0.25) is 0 Å². The van der Waals surface area contributed by atoms with Crippen LogP contribution in [0.1, 0.15) is 36.6 Å². The van der Waals surface area contributed by atoms with Crippen molar-refractivity contribution in [2.45, 2.75) is 31.7 Å². The zero-order chi connectivity index (χ0) is 18.8. The average molecular weight is 385 g/mol. The summed E-state index contributed by atoms with van der Waals surface area (Å²) in [5.41, 5.74) is 0.797. The molecule has 2 aliphatic rings. The zero-order valence-corrected chi connectivity index (χ0v) is 15.9. The van der Waals surface area contributed by atoms with Gasteiger partial charge in [0, 0.05) is 36.5 Å². The van der Waals surface area contributed by atoms with Crippen LogP contribution >= 0.6 is 11.3 Å². The molecule has 2 fully saturated rings. The predicted octanol–water partition coefficient (Wildman–Crippen LogP) is 4.24. The molecule has 6 nitrogen and oxygen atoms in total. The van der Waals surface area contributed by atoms with Crippen LogP contribution in [0.15, 0.2) is 41.8 Å². The predicted molar refractivity (Wildman–Crippen MR) is 106 cm³/mol. The van der Waals surface area contributed by atoms with Crippen LogP contribution in [0.3, 0.4) is 0 Å². The molecular formula is C20H23N3O3S. The summed E-state index contributed by atoms with van der Waals surface area (Å²) in [6.45, 7) is 2.20.